The van der Waals surface area contributed by atoms with Crippen LogP contribution in [0.5, 0.6) is 5.75 Å². The molecule has 0 aromatic heterocycles. The summed E-state index contributed by atoms with van der Waals surface area (Å²) in [6.45, 7) is -0.524. The summed E-state index contributed by atoms with van der Waals surface area (Å²) >= 11 is 0. The largest absolute Gasteiger partial charge is 0.435 e. The van der Waals surface area contributed by atoms with Crippen molar-refractivity contribution < 1.29 is 23.0 Å². The second kappa shape index (κ2) is 7.99. The standard InChI is InChI=1S/C17H18F3NO2/c1-11-7-12(5-6-15(11)18)9-21-10-16(22)13-3-2-4-14(8-13)23-17(19)20/h2-8,16-17,21-22H,9-10H2,1H3. The first kappa shape index (κ1) is 17.3. The first-order valence-electron chi connectivity index (χ1n) is 7.14. The van der Waals surface area contributed by atoms with Crippen molar-refractivity contribution in [1.29, 1.82) is 0 Å². The molecule has 0 bridgehead atoms. The summed E-state index contributed by atoms with van der Waals surface area (Å²) in [6, 6.07) is 10.7. The lowest BCUT2D eigenvalue weighted by molar-refractivity contribution is -0.0499. The van der Waals surface area contributed by atoms with Crippen LogP contribution in [-0.2, 0) is 6.54 Å². The van der Waals surface area contributed by atoms with Crippen LogP contribution in [0.1, 0.15) is 22.8 Å². The molecular weight excluding hydrogens is 307 g/mol. The molecule has 0 aliphatic carbocycles. The molecule has 2 rings (SSSR count). The summed E-state index contributed by atoms with van der Waals surface area (Å²) in [5.41, 5.74) is 1.93. The minimum atomic E-state index is -2.90. The third kappa shape index (κ3) is 5.26. The summed E-state index contributed by atoms with van der Waals surface area (Å²) in [7, 11) is 0. The molecule has 23 heavy (non-hydrogen) atoms. The maximum absolute atomic E-state index is 13.2. The van der Waals surface area contributed by atoms with E-state index in [-0.39, 0.29) is 18.1 Å². The normalized spacial score (nSPS) is 12.4. The van der Waals surface area contributed by atoms with Gasteiger partial charge in [0.2, 0.25) is 0 Å². The van der Waals surface area contributed by atoms with Gasteiger partial charge in [-0.1, -0.05) is 24.3 Å². The van der Waals surface area contributed by atoms with Crippen LogP contribution in [0.4, 0.5) is 13.2 Å². The predicted octanol–water partition coefficient (Wildman–Crippen LogP) is 3.56. The number of hydrogen-bond acceptors (Lipinski definition) is 3. The second-order valence-corrected chi connectivity index (χ2v) is 5.18. The Labute approximate surface area is 132 Å². The number of nitrogens with one attached hydrogen (secondary N) is 1. The molecule has 0 heterocycles. The van der Waals surface area contributed by atoms with Gasteiger partial charge in [-0.05, 0) is 41.8 Å². The molecule has 0 radical (unpaired) electrons. The molecule has 6 heteroatoms. The topological polar surface area (TPSA) is 41.5 Å². The van der Waals surface area contributed by atoms with Crippen molar-refractivity contribution in [1.82, 2.24) is 5.32 Å². The van der Waals surface area contributed by atoms with E-state index in [0.29, 0.717) is 17.7 Å². The monoisotopic (exact) mass is 325 g/mol. The smallest absolute Gasteiger partial charge is 0.387 e. The lowest BCUT2D eigenvalue weighted by Crippen LogP contribution is -2.21. The molecule has 2 aromatic carbocycles. The van der Waals surface area contributed by atoms with E-state index < -0.39 is 12.7 Å². The predicted molar refractivity (Wildman–Crippen MR) is 80.9 cm³/mol. The van der Waals surface area contributed by atoms with Crippen LogP contribution in [0, 0.1) is 12.7 Å². The Hall–Kier alpha value is -2.05. The highest BCUT2D eigenvalue weighted by Crippen LogP contribution is 2.20. The van der Waals surface area contributed by atoms with Gasteiger partial charge < -0.3 is 15.2 Å². The van der Waals surface area contributed by atoms with Crippen molar-refractivity contribution in [2.75, 3.05) is 6.54 Å². The molecule has 1 unspecified atom stereocenters. The van der Waals surface area contributed by atoms with Crippen molar-refractivity contribution in [2.24, 2.45) is 0 Å². The minimum absolute atomic E-state index is 0.00529. The van der Waals surface area contributed by atoms with Crippen LogP contribution in [0.3, 0.4) is 0 Å². The van der Waals surface area contributed by atoms with Crippen LogP contribution >= 0.6 is 0 Å². The van der Waals surface area contributed by atoms with E-state index in [0.717, 1.165) is 5.56 Å². The summed E-state index contributed by atoms with van der Waals surface area (Å²) in [5, 5.41) is 13.1. The number of rotatable bonds is 7. The van der Waals surface area contributed by atoms with E-state index in [9.17, 15) is 18.3 Å². The van der Waals surface area contributed by atoms with Gasteiger partial charge in [0.05, 0.1) is 6.10 Å². The van der Waals surface area contributed by atoms with Gasteiger partial charge in [-0.3, -0.25) is 0 Å². The number of halogens is 3. The average molecular weight is 325 g/mol. The average Bonchev–Trinajstić information content (AvgIpc) is 2.50. The maximum atomic E-state index is 13.2. The van der Waals surface area contributed by atoms with Gasteiger partial charge in [-0.15, -0.1) is 0 Å². The molecule has 1 atom stereocenters. The Balaban J connectivity index is 1.89. The fourth-order valence-corrected chi connectivity index (χ4v) is 2.19. The quantitative estimate of drug-likeness (QED) is 0.818. The Morgan fingerprint density at radius 1 is 1.17 bits per heavy atom. The molecule has 0 aliphatic rings. The molecule has 0 fully saturated rings. The van der Waals surface area contributed by atoms with Crippen LogP contribution in [-0.4, -0.2) is 18.3 Å². The fourth-order valence-electron chi connectivity index (χ4n) is 2.19. The number of ether oxygens (including phenoxy) is 1. The van der Waals surface area contributed by atoms with Crippen molar-refractivity contribution in [3.05, 3.63) is 65.0 Å². The van der Waals surface area contributed by atoms with E-state index in [2.05, 4.69) is 10.1 Å². The molecule has 124 valence electrons. The molecular formula is C17H18F3NO2. The van der Waals surface area contributed by atoms with Gasteiger partial charge in [0.25, 0.3) is 0 Å². The highest BCUT2D eigenvalue weighted by Gasteiger charge is 2.10. The van der Waals surface area contributed by atoms with Crippen molar-refractivity contribution >= 4 is 0 Å². The van der Waals surface area contributed by atoms with Gasteiger partial charge in [-0.2, -0.15) is 8.78 Å². The van der Waals surface area contributed by atoms with E-state index in [1.54, 1.807) is 31.2 Å². The Morgan fingerprint density at radius 2 is 1.96 bits per heavy atom. The van der Waals surface area contributed by atoms with Gasteiger partial charge in [0.1, 0.15) is 11.6 Å². The molecule has 2 N–H and O–H groups in total. The number of aliphatic hydroxyl groups is 1. The van der Waals surface area contributed by atoms with Crippen LogP contribution in [0.25, 0.3) is 0 Å². The third-order valence-electron chi connectivity index (χ3n) is 3.36. The SMILES string of the molecule is Cc1cc(CNCC(O)c2cccc(OC(F)F)c2)ccc1F. The molecule has 0 spiro atoms. The number of hydrogen-bond donors (Lipinski definition) is 2. The van der Waals surface area contributed by atoms with Crippen molar-refractivity contribution in [3.63, 3.8) is 0 Å². The molecule has 2 aromatic rings. The zero-order valence-electron chi connectivity index (χ0n) is 12.6. The minimum Gasteiger partial charge on any atom is -0.435 e. The van der Waals surface area contributed by atoms with E-state index in [1.807, 2.05) is 0 Å². The number of aliphatic hydroxyl groups excluding tert-OH is 1. The molecule has 0 saturated heterocycles. The van der Waals surface area contributed by atoms with Gasteiger partial charge in [-0.25, -0.2) is 4.39 Å². The van der Waals surface area contributed by atoms with E-state index >= 15 is 0 Å². The lowest BCUT2D eigenvalue weighted by Gasteiger charge is -2.14. The molecule has 3 nitrogen and oxygen atoms in total. The van der Waals surface area contributed by atoms with Crippen molar-refractivity contribution in [3.8, 4) is 5.75 Å². The van der Waals surface area contributed by atoms with Crippen LogP contribution in [0.15, 0.2) is 42.5 Å². The number of benzene rings is 2. The Morgan fingerprint density at radius 3 is 2.65 bits per heavy atom. The highest BCUT2D eigenvalue weighted by molar-refractivity contribution is 5.30. The fraction of sp³-hybridized carbons (Fsp3) is 0.294. The summed E-state index contributed by atoms with van der Waals surface area (Å²) in [6.07, 6.45) is -0.863. The van der Waals surface area contributed by atoms with Crippen LogP contribution < -0.4 is 10.1 Å². The Bertz CT molecular complexity index is 649. The first-order valence-corrected chi connectivity index (χ1v) is 7.14. The Kier molecular flexibility index (Phi) is 6.01. The number of aryl methyl sites for hydroxylation is 1. The third-order valence-corrected chi connectivity index (χ3v) is 3.36. The van der Waals surface area contributed by atoms with E-state index in [1.165, 1.54) is 18.2 Å². The number of alkyl halides is 2. The maximum Gasteiger partial charge on any atom is 0.387 e. The summed E-state index contributed by atoms with van der Waals surface area (Å²) < 4.78 is 41.8. The first-order chi connectivity index (χ1) is 11.0. The summed E-state index contributed by atoms with van der Waals surface area (Å²) in [5.74, 6) is -0.254. The highest BCUT2D eigenvalue weighted by atomic mass is 19.3. The molecule has 0 saturated carbocycles. The van der Waals surface area contributed by atoms with Crippen LogP contribution in [0.2, 0.25) is 0 Å². The lowest BCUT2D eigenvalue weighted by atomic mass is 10.1. The molecule has 0 amide bonds. The van der Waals surface area contributed by atoms with Gasteiger partial charge in [0, 0.05) is 13.1 Å². The zero-order chi connectivity index (χ0) is 16.8. The molecule has 0 aliphatic heterocycles. The van der Waals surface area contributed by atoms with Gasteiger partial charge >= 0.3 is 6.61 Å². The van der Waals surface area contributed by atoms with E-state index in [4.69, 9.17) is 0 Å². The van der Waals surface area contributed by atoms with Gasteiger partial charge in [0.15, 0.2) is 0 Å². The van der Waals surface area contributed by atoms with Crippen molar-refractivity contribution in [2.45, 2.75) is 26.2 Å². The summed E-state index contributed by atoms with van der Waals surface area (Å²) in [4.78, 5) is 0. The zero-order valence-corrected chi connectivity index (χ0v) is 12.6. The second-order valence-electron chi connectivity index (χ2n) is 5.18.